The first kappa shape index (κ1) is 16.1. The number of hydrogen-bond acceptors (Lipinski definition) is 5. The van der Waals surface area contributed by atoms with E-state index < -0.39 is 0 Å². The van der Waals surface area contributed by atoms with E-state index in [4.69, 9.17) is 5.11 Å². The molecule has 0 bridgehead atoms. The molecular formula is C16H27N3O2. The zero-order valence-electron chi connectivity index (χ0n) is 13.0. The van der Waals surface area contributed by atoms with Gasteiger partial charge >= 0.3 is 0 Å². The van der Waals surface area contributed by atoms with Crippen molar-refractivity contribution in [3.05, 3.63) is 23.8 Å². The van der Waals surface area contributed by atoms with Crippen LogP contribution in [0.2, 0.25) is 0 Å². The molecule has 1 heterocycles. The van der Waals surface area contributed by atoms with Crippen molar-refractivity contribution >= 4 is 5.69 Å². The average Bonchev–Trinajstić information content (AvgIpc) is 2.48. The molecule has 0 amide bonds. The van der Waals surface area contributed by atoms with Crippen LogP contribution in [0, 0.1) is 0 Å². The number of aliphatic hydroxyl groups is 1. The number of rotatable bonds is 6. The molecule has 1 aliphatic rings. The van der Waals surface area contributed by atoms with Crippen LogP contribution in [0.1, 0.15) is 25.5 Å². The number of hydrogen-bond donors (Lipinski definition) is 3. The van der Waals surface area contributed by atoms with Crippen molar-refractivity contribution in [2.75, 3.05) is 50.8 Å². The number of aromatic hydroxyl groups is 1. The summed E-state index contributed by atoms with van der Waals surface area (Å²) in [5.41, 5.74) is 2.02. The molecule has 2 rings (SSSR count). The standard InChI is InChI=1S/C16H27N3O2/c1-3-17-13(2)15-5-4-14(12-16(15)21)19-8-6-18(7-9-19)10-11-20/h4-5,12-13,17,20-21H,3,6-11H2,1-2H3. The number of piperazine rings is 1. The molecule has 0 spiro atoms. The topological polar surface area (TPSA) is 59.0 Å². The Balaban J connectivity index is 2.00. The Morgan fingerprint density at radius 1 is 1.24 bits per heavy atom. The highest BCUT2D eigenvalue weighted by Crippen LogP contribution is 2.29. The van der Waals surface area contributed by atoms with Gasteiger partial charge < -0.3 is 20.4 Å². The minimum absolute atomic E-state index is 0.158. The first-order valence-corrected chi connectivity index (χ1v) is 7.80. The Morgan fingerprint density at radius 3 is 2.52 bits per heavy atom. The van der Waals surface area contributed by atoms with Gasteiger partial charge in [0, 0.05) is 56.1 Å². The fourth-order valence-electron chi connectivity index (χ4n) is 2.88. The van der Waals surface area contributed by atoms with Crippen LogP contribution >= 0.6 is 0 Å². The Bertz CT molecular complexity index is 445. The van der Waals surface area contributed by atoms with Crippen LogP contribution in [0.3, 0.4) is 0 Å². The molecule has 1 atom stereocenters. The van der Waals surface area contributed by atoms with Gasteiger partial charge in [0.2, 0.25) is 0 Å². The molecule has 1 unspecified atom stereocenters. The number of β-amino-alcohol motifs (C(OH)–C–C–N with tert-alkyl or cyclic N) is 1. The van der Waals surface area contributed by atoms with Gasteiger partial charge in [-0.3, -0.25) is 4.90 Å². The predicted octanol–water partition coefficient (Wildman–Crippen LogP) is 1.18. The van der Waals surface area contributed by atoms with Crippen LogP contribution in [0.25, 0.3) is 0 Å². The molecule has 1 aromatic carbocycles. The summed E-state index contributed by atoms with van der Waals surface area (Å²) in [5, 5.41) is 22.5. The van der Waals surface area contributed by atoms with E-state index in [9.17, 15) is 5.11 Å². The third-order valence-corrected chi connectivity index (χ3v) is 4.14. The van der Waals surface area contributed by atoms with Crippen molar-refractivity contribution in [2.24, 2.45) is 0 Å². The van der Waals surface area contributed by atoms with Gasteiger partial charge in [0.25, 0.3) is 0 Å². The summed E-state index contributed by atoms with van der Waals surface area (Å²) in [7, 11) is 0. The third-order valence-electron chi connectivity index (χ3n) is 4.14. The predicted molar refractivity (Wildman–Crippen MR) is 85.9 cm³/mol. The van der Waals surface area contributed by atoms with E-state index >= 15 is 0 Å². The van der Waals surface area contributed by atoms with Crippen molar-refractivity contribution in [1.29, 1.82) is 0 Å². The lowest BCUT2D eigenvalue weighted by molar-refractivity contribution is 0.189. The lowest BCUT2D eigenvalue weighted by Crippen LogP contribution is -2.47. The van der Waals surface area contributed by atoms with Crippen molar-refractivity contribution < 1.29 is 10.2 Å². The van der Waals surface area contributed by atoms with Crippen LogP contribution in [0.5, 0.6) is 5.75 Å². The Labute approximate surface area is 127 Å². The third kappa shape index (κ3) is 4.09. The van der Waals surface area contributed by atoms with Crippen LogP contribution < -0.4 is 10.2 Å². The Hall–Kier alpha value is -1.30. The van der Waals surface area contributed by atoms with Gasteiger partial charge in [-0.1, -0.05) is 13.0 Å². The average molecular weight is 293 g/mol. The van der Waals surface area contributed by atoms with Crippen LogP contribution in [0.15, 0.2) is 18.2 Å². The van der Waals surface area contributed by atoms with Gasteiger partial charge in [0.15, 0.2) is 0 Å². The van der Waals surface area contributed by atoms with E-state index in [0.717, 1.165) is 50.5 Å². The molecule has 21 heavy (non-hydrogen) atoms. The highest BCUT2D eigenvalue weighted by molar-refractivity contribution is 5.54. The largest absolute Gasteiger partial charge is 0.508 e. The number of anilines is 1. The van der Waals surface area contributed by atoms with Crippen molar-refractivity contribution in [1.82, 2.24) is 10.2 Å². The highest BCUT2D eigenvalue weighted by Gasteiger charge is 2.18. The zero-order valence-corrected chi connectivity index (χ0v) is 13.0. The monoisotopic (exact) mass is 293 g/mol. The number of phenolic OH excluding ortho intramolecular Hbond substituents is 1. The molecule has 5 heteroatoms. The van der Waals surface area contributed by atoms with E-state index in [-0.39, 0.29) is 12.6 Å². The summed E-state index contributed by atoms with van der Waals surface area (Å²) in [4.78, 5) is 4.55. The second kappa shape index (κ2) is 7.64. The van der Waals surface area contributed by atoms with Gasteiger partial charge in [-0.2, -0.15) is 0 Å². The van der Waals surface area contributed by atoms with Gasteiger partial charge in [0.1, 0.15) is 5.75 Å². The number of phenols is 1. The quantitative estimate of drug-likeness (QED) is 0.735. The van der Waals surface area contributed by atoms with Gasteiger partial charge in [-0.25, -0.2) is 0 Å². The minimum atomic E-state index is 0.158. The SMILES string of the molecule is CCNC(C)c1ccc(N2CCN(CCO)CC2)cc1O. The van der Waals surface area contributed by atoms with Gasteiger partial charge in [-0.05, 0) is 19.5 Å². The summed E-state index contributed by atoms with van der Waals surface area (Å²) >= 11 is 0. The van der Waals surface area contributed by atoms with Crippen molar-refractivity contribution in [2.45, 2.75) is 19.9 Å². The fraction of sp³-hybridized carbons (Fsp3) is 0.625. The molecule has 118 valence electrons. The molecule has 0 radical (unpaired) electrons. The highest BCUT2D eigenvalue weighted by atomic mass is 16.3. The van der Waals surface area contributed by atoms with E-state index in [2.05, 4.69) is 35.0 Å². The second-order valence-corrected chi connectivity index (χ2v) is 5.57. The van der Waals surface area contributed by atoms with E-state index in [1.165, 1.54) is 0 Å². The van der Waals surface area contributed by atoms with Crippen LogP contribution in [-0.2, 0) is 0 Å². The molecular weight excluding hydrogens is 266 g/mol. The Morgan fingerprint density at radius 2 is 1.95 bits per heavy atom. The summed E-state index contributed by atoms with van der Waals surface area (Å²) in [6.07, 6.45) is 0. The van der Waals surface area contributed by atoms with Crippen LogP contribution in [0.4, 0.5) is 5.69 Å². The number of aliphatic hydroxyl groups excluding tert-OH is 1. The summed E-state index contributed by atoms with van der Waals surface area (Å²) in [6.45, 7) is 9.75. The molecule has 1 aromatic rings. The molecule has 0 aromatic heterocycles. The first-order valence-electron chi connectivity index (χ1n) is 7.80. The maximum Gasteiger partial charge on any atom is 0.122 e. The van der Waals surface area contributed by atoms with E-state index in [1.807, 2.05) is 12.1 Å². The molecule has 3 N–H and O–H groups in total. The smallest absolute Gasteiger partial charge is 0.122 e. The van der Waals surface area contributed by atoms with Crippen LogP contribution in [-0.4, -0.2) is 61.0 Å². The normalized spacial score (nSPS) is 18.0. The molecule has 0 saturated carbocycles. The maximum atomic E-state index is 10.2. The summed E-state index contributed by atoms with van der Waals surface area (Å²) in [5.74, 6) is 0.360. The molecule has 1 saturated heterocycles. The van der Waals surface area contributed by atoms with Gasteiger partial charge in [-0.15, -0.1) is 0 Å². The maximum absolute atomic E-state index is 10.2. The summed E-state index contributed by atoms with van der Waals surface area (Å²) < 4.78 is 0. The van der Waals surface area contributed by atoms with Gasteiger partial charge in [0.05, 0.1) is 6.61 Å². The molecule has 1 fully saturated rings. The van der Waals surface area contributed by atoms with E-state index in [0.29, 0.717) is 5.75 Å². The first-order chi connectivity index (χ1) is 10.2. The molecule has 1 aliphatic heterocycles. The zero-order chi connectivity index (χ0) is 15.2. The lowest BCUT2D eigenvalue weighted by atomic mass is 10.1. The van der Waals surface area contributed by atoms with E-state index in [1.54, 1.807) is 0 Å². The Kier molecular flexibility index (Phi) is 5.85. The fourth-order valence-corrected chi connectivity index (χ4v) is 2.88. The number of nitrogens with one attached hydrogen (secondary N) is 1. The lowest BCUT2D eigenvalue weighted by Gasteiger charge is -2.36. The number of benzene rings is 1. The minimum Gasteiger partial charge on any atom is -0.508 e. The van der Waals surface area contributed by atoms with Crippen molar-refractivity contribution in [3.63, 3.8) is 0 Å². The van der Waals surface area contributed by atoms with Crippen molar-refractivity contribution in [3.8, 4) is 5.75 Å². The molecule has 5 nitrogen and oxygen atoms in total. The number of nitrogens with zero attached hydrogens (tertiary/aromatic N) is 2. The molecule has 0 aliphatic carbocycles. The summed E-state index contributed by atoms with van der Waals surface area (Å²) in [6, 6.07) is 6.12. The second-order valence-electron chi connectivity index (χ2n) is 5.57.